The molecule has 0 saturated carbocycles. The molecule has 0 bridgehead atoms. The Morgan fingerprint density at radius 1 is 1.13 bits per heavy atom. The molecule has 0 aliphatic rings. The maximum Gasteiger partial charge on any atom is 0.255 e. The van der Waals surface area contributed by atoms with Gasteiger partial charge in [-0.1, -0.05) is 34.8 Å². The zero-order chi connectivity index (χ0) is 17.0. The van der Waals surface area contributed by atoms with Crippen LogP contribution in [0, 0.1) is 0 Å². The van der Waals surface area contributed by atoms with Gasteiger partial charge in [-0.25, -0.2) is 0 Å². The maximum absolute atomic E-state index is 12.4. The summed E-state index contributed by atoms with van der Waals surface area (Å²) in [5, 5.41) is 3.82. The molecule has 1 amide bonds. The topological polar surface area (TPSA) is 47.6 Å². The first kappa shape index (κ1) is 17.7. The molecule has 1 N–H and O–H groups in total. The number of methoxy groups -OCH3 is 1. The van der Waals surface area contributed by atoms with E-state index in [1.54, 1.807) is 24.3 Å². The first-order valence-electron chi connectivity index (χ1n) is 6.73. The molecule has 0 spiro atoms. The third-order valence-electron chi connectivity index (χ3n) is 2.95. The molecule has 0 aliphatic heterocycles. The SMILES string of the molecule is CCOc1cc(C(=O)Nc2cc(Cl)ccc2Cl)cc(Cl)c1OC. The number of halogens is 3. The van der Waals surface area contributed by atoms with Gasteiger partial charge in [0.15, 0.2) is 11.5 Å². The summed E-state index contributed by atoms with van der Waals surface area (Å²) in [7, 11) is 1.48. The number of hydrogen-bond donors (Lipinski definition) is 1. The van der Waals surface area contributed by atoms with E-state index in [9.17, 15) is 4.79 Å². The zero-order valence-corrected chi connectivity index (χ0v) is 14.7. The molecule has 0 radical (unpaired) electrons. The molecule has 23 heavy (non-hydrogen) atoms. The molecule has 0 fully saturated rings. The van der Waals surface area contributed by atoms with E-state index in [0.29, 0.717) is 39.4 Å². The van der Waals surface area contributed by atoms with Crippen molar-refractivity contribution in [2.45, 2.75) is 6.92 Å². The highest BCUT2D eigenvalue weighted by molar-refractivity contribution is 6.36. The van der Waals surface area contributed by atoms with Gasteiger partial charge in [0, 0.05) is 10.6 Å². The summed E-state index contributed by atoms with van der Waals surface area (Å²) < 4.78 is 10.6. The second-order valence-corrected chi connectivity index (χ2v) is 5.75. The minimum atomic E-state index is -0.389. The van der Waals surface area contributed by atoms with E-state index in [4.69, 9.17) is 44.3 Å². The predicted molar refractivity (Wildman–Crippen MR) is 93.6 cm³/mol. The molecule has 0 unspecified atom stereocenters. The van der Waals surface area contributed by atoms with Crippen LogP contribution in [-0.2, 0) is 0 Å². The largest absolute Gasteiger partial charge is 0.491 e. The third kappa shape index (κ3) is 4.22. The maximum atomic E-state index is 12.4. The fraction of sp³-hybridized carbons (Fsp3) is 0.188. The Bertz CT molecular complexity index is 735. The summed E-state index contributed by atoms with van der Waals surface area (Å²) in [5.41, 5.74) is 0.726. The lowest BCUT2D eigenvalue weighted by atomic mass is 10.1. The van der Waals surface area contributed by atoms with Crippen LogP contribution in [0.4, 0.5) is 5.69 Å². The van der Waals surface area contributed by atoms with Gasteiger partial charge in [0.2, 0.25) is 0 Å². The minimum Gasteiger partial charge on any atom is -0.491 e. The summed E-state index contributed by atoms with van der Waals surface area (Å²) >= 11 is 18.1. The van der Waals surface area contributed by atoms with Crippen molar-refractivity contribution < 1.29 is 14.3 Å². The second-order valence-electron chi connectivity index (χ2n) is 4.50. The Labute approximate surface area is 149 Å². The normalized spacial score (nSPS) is 10.3. The van der Waals surface area contributed by atoms with Crippen LogP contribution < -0.4 is 14.8 Å². The van der Waals surface area contributed by atoms with E-state index in [2.05, 4.69) is 5.32 Å². The summed E-state index contributed by atoms with van der Waals surface area (Å²) in [6.07, 6.45) is 0. The van der Waals surface area contributed by atoms with Crippen LogP contribution in [0.3, 0.4) is 0 Å². The third-order valence-corrected chi connectivity index (χ3v) is 3.80. The molecule has 2 rings (SSSR count). The number of benzene rings is 2. The average molecular weight is 375 g/mol. The number of anilines is 1. The van der Waals surface area contributed by atoms with Crippen LogP contribution in [0.5, 0.6) is 11.5 Å². The minimum absolute atomic E-state index is 0.279. The Hall–Kier alpha value is -1.62. The van der Waals surface area contributed by atoms with Crippen molar-refractivity contribution in [2.24, 2.45) is 0 Å². The summed E-state index contributed by atoms with van der Waals surface area (Å²) in [6, 6.07) is 7.86. The number of carbonyl (C=O) groups excluding carboxylic acids is 1. The molecular formula is C16H14Cl3NO3. The van der Waals surface area contributed by atoms with Crippen molar-refractivity contribution in [3.8, 4) is 11.5 Å². The van der Waals surface area contributed by atoms with Gasteiger partial charge in [-0.05, 0) is 37.3 Å². The highest BCUT2D eigenvalue weighted by Gasteiger charge is 2.16. The molecule has 2 aromatic rings. The highest BCUT2D eigenvalue weighted by Crippen LogP contribution is 2.36. The number of hydrogen-bond acceptors (Lipinski definition) is 3. The molecule has 0 aliphatic carbocycles. The molecule has 0 aromatic heterocycles. The van der Waals surface area contributed by atoms with Crippen molar-refractivity contribution in [1.82, 2.24) is 0 Å². The van der Waals surface area contributed by atoms with E-state index in [-0.39, 0.29) is 10.9 Å². The van der Waals surface area contributed by atoms with Crippen LogP contribution in [-0.4, -0.2) is 19.6 Å². The molecule has 0 atom stereocenters. The van der Waals surface area contributed by atoms with E-state index in [1.165, 1.54) is 13.2 Å². The lowest BCUT2D eigenvalue weighted by Gasteiger charge is -2.13. The van der Waals surface area contributed by atoms with Crippen molar-refractivity contribution in [3.63, 3.8) is 0 Å². The Kier molecular flexibility index (Phi) is 5.99. The van der Waals surface area contributed by atoms with Gasteiger partial charge < -0.3 is 14.8 Å². The van der Waals surface area contributed by atoms with Crippen molar-refractivity contribution in [2.75, 3.05) is 19.0 Å². The fourth-order valence-electron chi connectivity index (χ4n) is 1.95. The predicted octanol–water partition coefficient (Wildman–Crippen LogP) is 5.31. The molecule has 0 heterocycles. The van der Waals surface area contributed by atoms with Gasteiger partial charge in [0.1, 0.15) is 0 Å². The van der Waals surface area contributed by atoms with Crippen molar-refractivity contribution in [3.05, 3.63) is 51.0 Å². The molecule has 4 nitrogen and oxygen atoms in total. The Morgan fingerprint density at radius 3 is 2.52 bits per heavy atom. The van der Waals surface area contributed by atoms with E-state index in [0.717, 1.165) is 0 Å². The van der Waals surface area contributed by atoms with Crippen LogP contribution in [0.2, 0.25) is 15.1 Å². The van der Waals surface area contributed by atoms with Gasteiger partial charge in [-0.3, -0.25) is 4.79 Å². The fourth-order valence-corrected chi connectivity index (χ4v) is 2.57. The lowest BCUT2D eigenvalue weighted by Crippen LogP contribution is -2.13. The highest BCUT2D eigenvalue weighted by atomic mass is 35.5. The summed E-state index contributed by atoms with van der Waals surface area (Å²) in [5.74, 6) is 0.385. The number of carbonyl (C=O) groups is 1. The second kappa shape index (κ2) is 7.77. The Morgan fingerprint density at radius 2 is 1.87 bits per heavy atom. The van der Waals surface area contributed by atoms with E-state index in [1.807, 2.05) is 6.92 Å². The van der Waals surface area contributed by atoms with Crippen molar-refractivity contribution >= 4 is 46.4 Å². The van der Waals surface area contributed by atoms with Gasteiger partial charge in [-0.15, -0.1) is 0 Å². The van der Waals surface area contributed by atoms with Crippen molar-refractivity contribution in [1.29, 1.82) is 0 Å². The quantitative estimate of drug-likeness (QED) is 0.772. The monoisotopic (exact) mass is 373 g/mol. The standard InChI is InChI=1S/C16H14Cl3NO3/c1-3-23-14-7-9(6-12(19)15(14)22-2)16(21)20-13-8-10(17)4-5-11(13)18/h4-8H,3H2,1-2H3,(H,20,21). The lowest BCUT2D eigenvalue weighted by molar-refractivity contribution is 0.102. The number of ether oxygens (including phenoxy) is 2. The summed E-state index contributed by atoms with van der Waals surface area (Å²) in [4.78, 5) is 12.4. The molecule has 2 aromatic carbocycles. The van der Waals surface area contributed by atoms with E-state index >= 15 is 0 Å². The van der Waals surface area contributed by atoms with Gasteiger partial charge in [0.05, 0.1) is 29.4 Å². The van der Waals surface area contributed by atoms with Crippen LogP contribution in [0.25, 0.3) is 0 Å². The molecule has 0 saturated heterocycles. The van der Waals surface area contributed by atoms with Gasteiger partial charge in [0.25, 0.3) is 5.91 Å². The van der Waals surface area contributed by atoms with E-state index < -0.39 is 0 Å². The average Bonchev–Trinajstić information content (AvgIpc) is 2.51. The molecular weight excluding hydrogens is 361 g/mol. The van der Waals surface area contributed by atoms with Gasteiger partial charge in [-0.2, -0.15) is 0 Å². The molecule has 7 heteroatoms. The first-order chi connectivity index (χ1) is 11.0. The Balaban J connectivity index is 2.34. The van der Waals surface area contributed by atoms with Gasteiger partial charge >= 0.3 is 0 Å². The zero-order valence-electron chi connectivity index (χ0n) is 12.5. The first-order valence-corrected chi connectivity index (χ1v) is 7.86. The number of rotatable bonds is 5. The number of nitrogens with one attached hydrogen (secondary N) is 1. The van der Waals surface area contributed by atoms with Crippen LogP contribution in [0.1, 0.15) is 17.3 Å². The smallest absolute Gasteiger partial charge is 0.255 e. The summed E-state index contributed by atoms with van der Waals surface area (Å²) in [6.45, 7) is 2.24. The van der Waals surface area contributed by atoms with Crippen LogP contribution in [0.15, 0.2) is 30.3 Å². The molecule has 122 valence electrons. The number of amides is 1. The van der Waals surface area contributed by atoms with Crippen LogP contribution >= 0.6 is 34.8 Å².